The summed E-state index contributed by atoms with van der Waals surface area (Å²) in [6.07, 6.45) is 1.90. The largest absolute Gasteiger partial charge is 0.464 e. The molecule has 122 valence electrons. The molecule has 3 aromatic rings. The molecule has 5 nitrogen and oxygen atoms in total. The number of fused-ring (bicyclic) bond motifs is 1. The van der Waals surface area contributed by atoms with Gasteiger partial charge in [0.05, 0.1) is 18.2 Å². The second-order valence-corrected chi connectivity index (χ2v) is 5.41. The monoisotopic (exact) mass is 322 g/mol. The Morgan fingerprint density at radius 2 is 1.67 bits per heavy atom. The van der Waals surface area contributed by atoms with Crippen LogP contribution in [0, 0.1) is 0 Å². The molecule has 0 fully saturated rings. The van der Waals surface area contributed by atoms with E-state index in [0.29, 0.717) is 30.7 Å². The number of furan rings is 1. The van der Waals surface area contributed by atoms with Gasteiger partial charge in [0.2, 0.25) is 5.91 Å². The molecule has 0 spiro atoms. The molecule has 5 heteroatoms. The lowest BCUT2D eigenvalue weighted by Crippen LogP contribution is -2.35. The van der Waals surface area contributed by atoms with Crippen molar-refractivity contribution in [1.29, 1.82) is 0 Å². The van der Waals surface area contributed by atoms with Gasteiger partial charge in [0, 0.05) is 18.5 Å². The fraction of sp³-hybridized carbons (Fsp3) is 0.158. The summed E-state index contributed by atoms with van der Waals surface area (Å²) in [6, 6.07) is 16.7. The summed E-state index contributed by atoms with van der Waals surface area (Å²) in [5, 5.41) is 6.38. The van der Waals surface area contributed by atoms with Gasteiger partial charge in [-0.25, -0.2) is 0 Å². The van der Waals surface area contributed by atoms with E-state index in [2.05, 4.69) is 10.6 Å². The normalized spacial score (nSPS) is 10.5. The molecule has 2 aromatic carbocycles. The number of hydrogen-bond donors (Lipinski definition) is 2. The molecule has 0 atom stereocenters. The Bertz CT molecular complexity index is 840. The van der Waals surface area contributed by atoms with Gasteiger partial charge < -0.3 is 15.1 Å². The lowest BCUT2D eigenvalue weighted by Gasteiger charge is -2.08. The smallest absolute Gasteiger partial charge is 0.252 e. The molecule has 0 aliphatic heterocycles. The highest BCUT2D eigenvalue weighted by atomic mass is 16.3. The molecule has 1 aromatic heterocycles. The number of amides is 2. The number of rotatable bonds is 6. The SMILES string of the molecule is O=C(Cc1ccccc1)NCCNC(=O)c1cccc2occc12. The third-order valence-electron chi connectivity index (χ3n) is 3.68. The molecule has 1 heterocycles. The fourth-order valence-electron chi connectivity index (χ4n) is 2.51. The van der Waals surface area contributed by atoms with E-state index in [4.69, 9.17) is 4.42 Å². The second-order valence-electron chi connectivity index (χ2n) is 5.41. The van der Waals surface area contributed by atoms with Gasteiger partial charge in [-0.05, 0) is 23.8 Å². The highest BCUT2D eigenvalue weighted by Crippen LogP contribution is 2.19. The van der Waals surface area contributed by atoms with E-state index in [0.717, 1.165) is 10.9 Å². The Kier molecular flexibility index (Phi) is 4.91. The van der Waals surface area contributed by atoms with E-state index >= 15 is 0 Å². The lowest BCUT2D eigenvalue weighted by molar-refractivity contribution is -0.120. The summed E-state index contributed by atoms with van der Waals surface area (Å²) >= 11 is 0. The first-order valence-electron chi connectivity index (χ1n) is 7.79. The van der Waals surface area contributed by atoms with Crippen LogP contribution in [0.25, 0.3) is 11.0 Å². The minimum atomic E-state index is -0.181. The predicted molar refractivity (Wildman–Crippen MR) is 91.7 cm³/mol. The third-order valence-corrected chi connectivity index (χ3v) is 3.68. The Morgan fingerprint density at radius 1 is 0.875 bits per heavy atom. The summed E-state index contributed by atoms with van der Waals surface area (Å²) < 4.78 is 5.29. The number of carbonyl (C=O) groups is 2. The van der Waals surface area contributed by atoms with Crippen LogP contribution in [-0.2, 0) is 11.2 Å². The van der Waals surface area contributed by atoms with Crippen LogP contribution in [0.4, 0.5) is 0 Å². The maximum atomic E-state index is 12.2. The van der Waals surface area contributed by atoms with E-state index in [9.17, 15) is 9.59 Å². The number of hydrogen-bond acceptors (Lipinski definition) is 3. The first-order valence-corrected chi connectivity index (χ1v) is 7.79. The van der Waals surface area contributed by atoms with Crippen molar-refractivity contribution >= 4 is 22.8 Å². The van der Waals surface area contributed by atoms with Crippen LogP contribution in [0.5, 0.6) is 0 Å². The van der Waals surface area contributed by atoms with Crippen LogP contribution in [0.1, 0.15) is 15.9 Å². The molecule has 0 aliphatic rings. The zero-order valence-electron chi connectivity index (χ0n) is 13.1. The summed E-state index contributed by atoms with van der Waals surface area (Å²) in [5.41, 5.74) is 2.21. The van der Waals surface area contributed by atoms with Crippen LogP contribution < -0.4 is 10.6 Å². The zero-order chi connectivity index (χ0) is 16.8. The standard InChI is InChI=1S/C19H18N2O3/c22-18(13-14-5-2-1-3-6-14)20-10-11-21-19(23)16-7-4-8-17-15(16)9-12-24-17/h1-9,12H,10-11,13H2,(H,20,22)(H,21,23). The summed E-state index contributed by atoms with van der Waals surface area (Å²) in [4.78, 5) is 24.1. The van der Waals surface area contributed by atoms with Gasteiger partial charge in [0.1, 0.15) is 5.58 Å². The first kappa shape index (κ1) is 15.8. The van der Waals surface area contributed by atoms with Crippen LogP contribution in [-0.4, -0.2) is 24.9 Å². The molecular weight excluding hydrogens is 304 g/mol. The molecule has 2 N–H and O–H groups in total. The summed E-state index contributed by atoms with van der Waals surface area (Å²) in [6.45, 7) is 0.756. The van der Waals surface area contributed by atoms with Gasteiger partial charge in [0.15, 0.2) is 0 Å². The Morgan fingerprint density at radius 3 is 2.50 bits per heavy atom. The van der Waals surface area contributed by atoms with Gasteiger partial charge in [-0.1, -0.05) is 36.4 Å². The van der Waals surface area contributed by atoms with Gasteiger partial charge in [0.25, 0.3) is 5.91 Å². The molecule has 0 saturated heterocycles. The quantitative estimate of drug-likeness (QED) is 0.685. The Balaban J connectivity index is 1.45. The Labute approximate surface area is 139 Å². The van der Waals surface area contributed by atoms with Crippen molar-refractivity contribution in [2.75, 3.05) is 13.1 Å². The van der Waals surface area contributed by atoms with Crippen molar-refractivity contribution in [2.24, 2.45) is 0 Å². The maximum absolute atomic E-state index is 12.2. The molecule has 0 radical (unpaired) electrons. The predicted octanol–water partition coefficient (Wildman–Crippen LogP) is 2.52. The second kappa shape index (κ2) is 7.46. The number of benzene rings is 2. The minimum absolute atomic E-state index is 0.0626. The van der Waals surface area contributed by atoms with Crippen LogP contribution in [0.15, 0.2) is 65.3 Å². The van der Waals surface area contributed by atoms with Crippen LogP contribution >= 0.6 is 0 Å². The molecule has 2 amide bonds. The van der Waals surface area contributed by atoms with E-state index < -0.39 is 0 Å². The first-order chi connectivity index (χ1) is 11.7. The van der Waals surface area contributed by atoms with Crippen molar-refractivity contribution in [2.45, 2.75) is 6.42 Å². The van der Waals surface area contributed by atoms with Crippen molar-refractivity contribution in [1.82, 2.24) is 10.6 Å². The molecule has 24 heavy (non-hydrogen) atoms. The van der Waals surface area contributed by atoms with Crippen molar-refractivity contribution in [3.63, 3.8) is 0 Å². The lowest BCUT2D eigenvalue weighted by atomic mass is 10.1. The summed E-state index contributed by atoms with van der Waals surface area (Å²) in [5.74, 6) is -0.244. The topological polar surface area (TPSA) is 71.3 Å². The van der Waals surface area contributed by atoms with Gasteiger partial charge in [-0.3, -0.25) is 9.59 Å². The minimum Gasteiger partial charge on any atom is -0.464 e. The van der Waals surface area contributed by atoms with E-state index in [-0.39, 0.29) is 11.8 Å². The average Bonchev–Trinajstić information content (AvgIpc) is 3.08. The van der Waals surface area contributed by atoms with Gasteiger partial charge >= 0.3 is 0 Å². The molecule has 0 unspecified atom stereocenters. The van der Waals surface area contributed by atoms with Crippen molar-refractivity contribution in [3.8, 4) is 0 Å². The highest BCUT2D eigenvalue weighted by molar-refractivity contribution is 6.05. The van der Waals surface area contributed by atoms with Crippen molar-refractivity contribution < 1.29 is 14.0 Å². The van der Waals surface area contributed by atoms with Gasteiger partial charge in [-0.15, -0.1) is 0 Å². The van der Waals surface area contributed by atoms with Crippen LogP contribution in [0.2, 0.25) is 0 Å². The highest BCUT2D eigenvalue weighted by Gasteiger charge is 2.11. The summed E-state index contributed by atoms with van der Waals surface area (Å²) in [7, 11) is 0. The maximum Gasteiger partial charge on any atom is 0.252 e. The average molecular weight is 322 g/mol. The Hall–Kier alpha value is -3.08. The fourth-order valence-corrected chi connectivity index (χ4v) is 2.51. The molecule has 3 rings (SSSR count). The molecule has 0 aliphatic carbocycles. The van der Waals surface area contributed by atoms with Crippen molar-refractivity contribution in [3.05, 3.63) is 72.0 Å². The molecule has 0 saturated carbocycles. The molecule has 0 bridgehead atoms. The zero-order valence-corrected chi connectivity index (χ0v) is 13.1. The van der Waals surface area contributed by atoms with E-state index in [1.807, 2.05) is 36.4 Å². The van der Waals surface area contributed by atoms with Gasteiger partial charge in [-0.2, -0.15) is 0 Å². The van der Waals surface area contributed by atoms with E-state index in [1.54, 1.807) is 24.5 Å². The van der Waals surface area contributed by atoms with Crippen LogP contribution in [0.3, 0.4) is 0 Å². The molecular formula is C19H18N2O3. The van der Waals surface area contributed by atoms with E-state index in [1.165, 1.54) is 0 Å². The third kappa shape index (κ3) is 3.81. The number of nitrogens with one attached hydrogen (secondary N) is 2. The number of carbonyl (C=O) groups excluding carboxylic acids is 2.